The van der Waals surface area contributed by atoms with Crippen LogP contribution in [-0.2, 0) is 28.5 Å². The van der Waals surface area contributed by atoms with Crippen molar-refractivity contribution in [2.24, 2.45) is 0 Å². The van der Waals surface area contributed by atoms with E-state index in [-0.39, 0.29) is 6.61 Å². The van der Waals surface area contributed by atoms with E-state index in [4.69, 9.17) is 23.7 Å². The van der Waals surface area contributed by atoms with Crippen LogP contribution in [0, 0.1) is 0 Å². The quantitative estimate of drug-likeness (QED) is 0.369. The van der Waals surface area contributed by atoms with Gasteiger partial charge in [-0.25, -0.2) is 9.59 Å². The number of carbonyl (C=O) groups is 2. The van der Waals surface area contributed by atoms with Crippen LogP contribution in [0.15, 0.2) is 54.6 Å². The van der Waals surface area contributed by atoms with Crippen LogP contribution >= 0.6 is 0 Å². The van der Waals surface area contributed by atoms with Crippen LogP contribution in [0.4, 0.5) is 0 Å². The Morgan fingerprint density at radius 3 is 2.34 bits per heavy atom. The van der Waals surface area contributed by atoms with E-state index in [1.807, 2.05) is 0 Å². The van der Waals surface area contributed by atoms with Gasteiger partial charge in [0.25, 0.3) is 0 Å². The lowest BCUT2D eigenvalue weighted by molar-refractivity contribution is -0.177. The summed E-state index contributed by atoms with van der Waals surface area (Å²) in [6.45, 7) is 7.15. The monoisotopic (exact) mass is 446 g/mol. The highest BCUT2D eigenvalue weighted by atomic mass is 16.8. The number of esters is 2. The molecule has 8 heteroatoms. The minimum atomic E-state index is -0.937. The zero-order valence-corrected chi connectivity index (χ0v) is 18.7. The number of hydrogen-bond acceptors (Lipinski definition) is 8. The molecule has 2 saturated heterocycles. The van der Waals surface area contributed by atoms with E-state index in [0.717, 1.165) is 0 Å². The number of benzene rings is 1. The largest absolute Gasteiger partial charge is 0.463 e. The van der Waals surface area contributed by atoms with Crippen LogP contribution in [-0.4, -0.2) is 66.1 Å². The van der Waals surface area contributed by atoms with Crippen molar-refractivity contribution in [2.45, 2.75) is 70.1 Å². The number of hydrogen-bond donors (Lipinski definition) is 1. The van der Waals surface area contributed by atoms with E-state index in [0.29, 0.717) is 5.56 Å². The van der Waals surface area contributed by atoms with Crippen molar-refractivity contribution in [1.29, 1.82) is 0 Å². The van der Waals surface area contributed by atoms with Crippen LogP contribution in [0.5, 0.6) is 0 Å². The van der Waals surface area contributed by atoms with Crippen molar-refractivity contribution >= 4 is 11.9 Å². The fourth-order valence-electron chi connectivity index (χ4n) is 3.62. The molecular formula is C24H30O8. The van der Waals surface area contributed by atoms with Crippen molar-refractivity contribution in [3.05, 3.63) is 60.2 Å². The smallest absolute Gasteiger partial charge is 0.338 e. The Hall–Kier alpha value is -2.52. The van der Waals surface area contributed by atoms with Gasteiger partial charge in [-0.1, -0.05) is 24.3 Å². The van der Waals surface area contributed by atoms with Crippen LogP contribution in [0.1, 0.15) is 38.1 Å². The lowest BCUT2D eigenvalue weighted by Gasteiger charge is -2.22. The van der Waals surface area contributed by atoms with Gasteiger partial charge in [-0.15, -0.1) is 0 Å². The van der Waals surface area contributed by atoms with E-state index >= 15 is 0 Å². The molecule has 0 aromatic heterocycles. The van der Waals surface area contributed by atoms with Gasteiger partial charge in [0.05, 0.1) is 18.3 Å². The normalized spacial score (nSPS) is 28.5. The molecule has 2 aliphatic rings. The average Bonchev–Trinajstić information content (AvgIpc) is 3.23. The first-order valence-electron chi connectivity index (χ1n) is 10.7. The van der Waals surface area contributed by atoms with E-state index in [9.17, 15) is 14.7 Å². The van der Waals surface area contributed by atoms with Gasteiger partial charge in [-0.3, -0.25) is 0 Å². The molecule has 0 unspecified atom stereocenters. The fourth-order valence-corrected chi connectivity index (χ4v) is 3.62. The second kappa shape index (κ2) is 10.4. The first kappa shape index (κ1) is 24.1. The zero-order valence-electron chi connectivity index (χ0n) is 18.7. The topological polar surface area (TPSA) is 101 Å². The molecule has 0 bridgehead atoms. The van der Waals surface area contributed by atoms with Crippen molar-refractivity contribution in [1.82, 2.24) is 0 Å². The first-order chi connectivity index (χ1) is 15.2. The second-order valence-electron chi connectivity index (χ2n) is 8.10. The third-order valence-corrected chi connectivity index (χ3v) is 5.05. The second-order valence-corrected chi connectivity index (χ2v) is 8.10. The molecule has 174 valence electrons. The lowest BCUT2D eigenvalue weighted by atomic mass is 10.1. The van der Waals surface area contributed by atoms with Gasteiger partial charge in [-0.05, 0) is 52.0 Å². The fraction of sp³-hybridized carbons (Fsp3) is 0.500. The maximum Gasteiger partial charge on any atom is 0.338 e. The van der Waals surface area contributed by atoms with Gasteiger partial charge < -0.3 is 28.8 Å². The third kappa shape index (κ3) is 6.04. The molecule has 0 aliphatic carbocycles. The summed E-state index contributed by atoms with van der Waals surface area (Å²) >= 11 is 0. The summed E-state index contributed by atoms with van der Waals surface area (Å²) in [6.07, 6.45) is 2.44. The Bertz CT molecular complexity index is 845. The third-order valence-electron chi connectivity index (χ3n) is 5.05. The van der Waals surface area contributed by atoms with Crippen LogP contribution in [0.3, 0.4) is 0 Å². The summed E-state index contributed by atoms with van der Waals surface area (Å²) in [7, 11) is 0. The highest BCUT2D eigenvalue weighted by Crippen LogP contribution is 2.39. The van der Waals surface area contributed by atoms with Gasteiger partial charge in [0, 0.05) is 6.08 Å². The summed E-state index contributed by atoms with van der Waals surface area (Å²) in [5, 5.41) is 10.1. The molecule has 0 saturated carbocycles. The van der Waals surface area contributed by atoms with Gasteiger partial charge in [0.1, 0.15) is 30.5 Å². The van der Waals surface area contributed by atoms with Crippen molar-refractivity contribution in [3.63, 3.8) is 0 Å². The minimum Gasteiger partial charge on any atom is -0.463 e. The van der Waals surface area contributed by atoms with E-state index in [1.54, 1.807) is 69.3 Å². The van der Waals surface area contributed by atoms with Crippen molar-refractivity contribution in [2.75, 3.05) is 6.61 Å². The number of ether oxygens (including phenoxy) is 5. The molecule has 2 heterocycles. The number of rotatable bonds is 8. The highest BCUT2D eigenvalue weighted by molar-refractivity contribution is 5.89. The molecule has 1 aromatic carbocycles. The molecule has 8 nitrogen and oxygen atoms in total. The maximum absolute atomic E-state index is 12.4. The van der Waals surface area contributed by atoms with Gasteiger partial charge in [0.15, 0.2) is 5.79 Å². The molecule has 3 rings (SSSR count). The average molecular weight is 446 g/mol. The summed E-state index contributed by atoms with van der Waals surface area (Å²) in [4.78, 5) is 24.1. The molecule has 2 fully saturated rings. The first-order valence-corrected chi connectivity index (χ1v) is 10.7. The Balaban J connectivity index is 1.72. The van der Waals surface area contributed by atoms with Gasteiger partial charge in [0.2, 0.25) is 0 Å². The zero-order chi connectivity index (χ0) is 23.3. The summed E-state index contributed by atoms with van der Waals surface area (Å²) in [5.74, 6) is -1.82. The van der Waals surface area contributed by atoms with E-state index < -0.39 is 54.3 Å². The van der Waals surface area contributed by atoms with Gasteiger partial charge >= 0.3 is 11.9 Å². The Morgan fingerprint density at radius 1 is 1.12 bits per heavy atom. The number of aliphatic hydroxyl groups is 1. The number of aliphatic hydroxyl groups excluding tert-OH is 1. The summed E-state index contributed by atoms with van der Waals surface area (Å²) < 4.78 is 28.4. The molecule has 6 atom stereocenters. The van der Waals surface area contributed by atoms with Crippen molar-refractivity contribution < 1.29 is 38.4 Å². The molecule has 0 spiro atoms. The van der Waals surface area contributed by atoms with Gasteiger partial charge in [-0.2, -0.15) is 0 Å². The molecular weight excluding hydrogens is 416 g/mol. The summed E-state index contributed by atoms with van der Waals surface area (Å²) in [6, 6.07) is 8.55. The Labute approximate surface area is 187 Å². The summed E-state index contributed by atoms with van der Waals surface area (Å²) in [5.41, 5.74) is 0.391. The predicted octanol–water partition coefficient (Wildman–Crippen LogP) is 2.56. The molecule has 1 aromatic rings. The Morgan fingerprint density at radius 2 is 1.75 bits per heavy atom. The standard InChI is InChI=1S/C24H30O8/c1-5-28-20(26)14-13-19-22-21(31-24(3,4)32-22)18(29-19)12-11-17(15(2)25)30-23(27)16-9-7-6-8-10-16/h6-15,17-19,21-22,25H,5H2,1-4H3/b12-11+,14-13-/t15-,17+,18+,19-,21-,22+/m1/s1. The van der Waals surface area contributed by atoms with Crippen LogP contribution < -0.4 is 0 Å². The van der Waals surface area contributed by atoms with Crippen molar-refractivity contribution in [3.8, 4) is 0 Å². The molecule has 0 amide bonds. The molecule has 1 N–H and O–H groups in total. The van der Waals surface area contributed by atoms with Crippen LogP contribution in [0.25, 0.3) is 0 Å². The lowest BCUT2D eigenvalue weighted by Crippen LogP contribution is -2.30. The maximum atomic E-state index is 12.4. The Kier molecular flexibility index (Phi) is 7.84. The molecule has 0 radical (unpaired) electrons. The predicted molar refractivity (Wildman–Crippen MR) is 115 cm³/mol. The highest BCUT2D eigenvalue weighted by Gasteiger charge is 2.53. The van der Waals surface area contributed by atoms with Crippen LogP contribution in [0.2, 0.25) is 0 Å². The van der Waals surface area contributed by atoms with E-state index in [1.165, 1.54) is 13.0 Å². The number of fused-ring (bicyclic) bond motifs is 1. The SMILES string of the molecule is CCOC(=O)/C=C\[C@H]1O[C@@H](/C=C/[C@H](OC(=O)c2ccccc2)[C@@H](C)O)[C@H]2OC(C)(C)O[C@H]21. The molecule has 2 aliphatic heterocycles. The minimum absolute atomic E-state index is 0.279. The van der Waals surface area contributed by atoms with E-state index in [2.05, 4.69) is 0 Å². The number of carbonyl (C=O) groups excluding carboxylic acids is 2. The molecule has 32 heavy (non-hydrogen) atoms.